The number of rotatable bonds is 6. The second-order valence-corrected chi connectivity index (χ2v) is 9.50. The van der Waals surface area contributed by atoms with Crippen LogP contribution in [0.15, 0.2) is 63.8 Å². The molecule has 6 nitrogen and oxygen atoms in total. The molecule has 0 radical (unpaired) electrons. The van der Waals surface area contributed by atoms with Gasteiger partial charge in [-0.25, -0.2) is 18.6 Å². The number of benzene rings is 3. The van der Waals surface area contributed by atoms with Crippen LogP contribution in [0.25, 0.3) is 32.0 Å². The van der Waals surface area contributed by atoms with Gasteiger partial charge >= 0.3 is 5.63 Å². The molecule has 0 unspecified atom stereocenters. The minimum Gasteiger partial charge on any atom is -0.422 e. The van der Waals surface area contributed by atoms with E-state index in [4.69, 9.17) is 4.42 Å². The molecular formula is C26H22ClF2N3O3S. The molecule has 0 aliphatic heterocycles. The molecule has 0 aliphatic rings. The van der Waals surface area contributed by atoms with E-state index in [9.17, 15) is 18.4 Å². The van der Waals surface area contributed by atoms with Gasteiger partial charge in [-0.15, -0.1) is 12.4 Å². The summed E-state index contributed by atoms with van der Waals surface area (Å²) in [4.78, 5) is 34.1. The van der Waals surface area contributed by atoms with E-state index in [2.05, 4.69) is 4.98 Å². The van der Waals surface area contributed by atoms with Crippen molar-refractivity contribution < 1.29 is 18.0 Å². The van der Waals surface area contributed by atoms with Crippen molar-refractivity contribution in [3.05, 3.63) is 82.2 Å². The minimum absolute atomic E-state index is 0. The maximum Gasteiger partial charge on any atom is 0.349 e. The van der Waals surface area contributed by atoms with Crippen LogP contribution >= 0.6 is 23.7 Å². The molecule has 0 N–H and O–H groups in total. The molecule has 3 aromatic carbocycles. The lowest BCUT2D eigenvalue weighted by atomic mass is 10.0. The zero-order valence-electron chi connectivity index (χ0n) is 19.5. The lowest BCUT2D eigenvalue weighted by Crippen LogP contribution is -2.36. The van der Waals surface area contributed by atoms with Crippen molar-refractivity contribution in [1.82, 2.24) is 9.88 Å². The Balaban J connectivity index is 0.00000304. The first-order valence-corrected chi connectivity index (χ1v) is 11.8. The Labute approximate surface area is 215 Å². The SMILES string of the molecule is CN(C)CCCN(C(=O)c1cc2c(ccc3ccccc32)oc1=O)c1nc2c(F)cc(F)cc2s1.Cl. The summed E-state index contributed by atoms with van der Waals surface area (Å²) >= 11 is 0.995. The van der Waals surface area contributed by atoms with Crippen molar-refractivity contribution in [3.8, 4) is 0 Å². The second kappa shape index (κ2) is 10.3. The molecule has 0 saturated carbocycles. The molecule has 0 atom stereocenters. The third kappa shape index (κ3) is 4.82. The number of carbonyl (C=O) groups is 1. The van der Waals surface area contributed by atoms with Crippen molar-refractivity contribution in [2.24, 2.45) is 0 Å². The van der Waals surface area contributed by atoms with E-state index < -0.39 is 23.2 Å². The summed E-state index contributed by atoms with van der Waals surface area (Å²) in [7, 11) is 3.82. The molecule has 10 heteroatoms. The molecule has 0 aliphatic carbocycles. The molecule has 0 saturated heterocycles. The van der Waals surface area contributed by atoms with Crippen LogP contribution in [0.1, 0.15) is 16.8 Å². The maximum absolute atomic E-state index is 14.3. The fourth-order valence-electron chi connectivity index (χ4n) is 4.06. The van der Waals surface area contributed by atoms with Crippen molar-refractivity contribution in [3.63, 3.8) is 0 Å². The molecule has 186 valence electrons. The topological polar surface area (TPSA) is 66.7 Å². The van der Waals surface area contributed by atoms with Crippen molar-refractivity contribution in [1.29, 1.82) is 0 Å². The zero-order valence-corrected chi connectivity index (χ0v) is 21.1. The highest BCUT2D eigenvalue weighted by Gasteiger charge is 2.26. The number of nitrogens with zero attached hydrogens (tertiary/aromatic N) is 3. The largest absolute Gasteiger partial charge is 0.422 e. The van der Waals surface area contributed by atoms with Gasteiger partial charge < -0.3 is 9.32 Å². The van der Waals surface area contributed by atoms with E-state index in [-0.39, 0.29) is 39.9 Å². The van der Waals surface area contributed by atoms with Crippen LogP contribution in [0.3, 0.4) is 0 Å². The molecule has 5 rings (SSSR count). The molecule has 0 fully saturated rings. The van der Waals surface area contributed by atoms with Gasteiger partial charge in [-0.3, -0.25) is 9.69 Å². The molecule has 36 heavy (non-hydrogen) atoms. The Morgan fingerprint density at radius 2 is 1.81 bits per heavy atom. The molecular weight excluding hydrogens is 508 g/mol. The standard InChI is InChI=1S/C26H21F2N3O3S.ClH/c1-30(2)10-5-11-31(26-29-23-20(28)12-16(27)13-22(23)35-26)24(32)19-14-18-17-7-4-3-6-15(17)8-9-21(18)34-25(19)33;/h3-4,6-9,12-14H,5,10-11H2,1-2H3;1H. The van der Waals surface area contributed by atoms with Crippen LogP contribution in [0.5, 0.6) is 0 Å². The number of amides is 1. The normalized spacial score (nSPS) is 11.4. The summed E-state index contributed by atoms with van der Waals surface area (Å²) < 4.78 is 33.9. The quantitative estimate of drug-likeness (QED) is 0.204. The highest BCUT2D eigenvalue weighted by molar-refractivity contribution is 7.22. The first-order chi connectivity index (χ1) is 16.8. The summed E-state index contributed by atoms with van der Waals surface area (Å²) in [6.07, 6.45) is 0.577. The Kier molecular flexibility index (Phi) is 7.35. The number of aromatic nitrogens is 1. The van der Waals surface area contributed by atoms with Gasteiger partial charge in [0.05, 0.1) is 4.70 Å². The Morgan fingerprint density at radius 3 is 2.58 bits per heavy atom. The van der Waals surface area contributed by atoms with Gasteiger partial charge in [-0.05, 0) is 56.0 Å². The fraction of sp³-hybridized carbons (Fsp3) is 0.192. The first kappa shape index (κ1) is 25.7. The summed E-state index contributed by atoms with van der Waals surface area (Å²) in [6.45, 7) is 0.905. The monoisotopic (exact) mass is 529 g/mol. The lowest BCUT2D eigenvalue weighted by molar-refractivity contribution is 0.0982. The van der Waals surface area contributed by atoms with Crippen LogP contribution in [0.2, 0.25) is 0 Å². The Hall–Kier alpha value is -3.40. The van der Waals surface area contributed by atoms with E-state index in [1.54, 1.807) is 12.1 Å². The third-order valence-corrected chi connectivity index (χ3v) is 6.76. The smallest absolute Gasteiger partial charge is 0.349 e. The molecule has 1 amide bonds. The molecule has 0 spiro atoms. The van der Waals surface area contributed by atoms with Crippen LogP contribution in [-0.2, 0) is 0 Å². The van der Waals surface area contributed by atoms with E-state index in [1.807, 2.05) is 49.3 Å². The van der Waals surface area contributed by atoms with Crippen molar-refractivity contribution in [2.45, 2.75) is 6.42 Å². The van der Waals surface area contributed by atoms with Crippen LogP contribution in [0.4, 0.5) is 13.9 Å². The van der Waals surface area contributed by atoms with Crippen molar-refractivity contribution >= 4 is 66.7 Å². The first-order valence-electron chi connectivity index (χ1n) is 11.0. The summed E-state index contributed by atoms with van der Waals surface area (Å²) in [5, 5.41) is 2.61. The number of hydrogen-bond acceptors (Lipinski definition) is 6. The highest BCUT2D eigenvalue weighted by atomic mass is 35.5. The lowest BCUT2D eigenvalue weighted by Gasteiger charge is -2.20. The molecule has 0 bridgehead atoms. The molecule has 2 aromatic heterocycles. The maximum atomic E-state index is 14.3. The van der Waals surface area contributed by atoms with Crippen molar-refractivity contribution in [2.75, 3.05) is 32.1 Å². The van der Waals surface area contributed by atoms with E-state index >= 15 is 0 Å². The highest BCUT2D eigenvalue weighted by Crippen LogP contribution is 2.32. The zero-order chi connectivity index (χ0) is 24.7. The second-order valence-electron chi connectivity index (χ2n) is 8.49. The van der Waals surface area contributed by atoms with Gasteiger partial charge in [-0.2, -0.15) is 0 Å². The number of fused-ring (bicyclic) bond motifs is 4. The molecule has 2 heterocycles. The average Bonchev–Trinajstić information content (AvgIpc) is 3.24. The van der Waals surface area contributed by atoms with Crippen LogP contribution in [-0.4, -0.2) is 43.0 Å². The summed E-state index contributed by atoms with van der Waals surface area (Å²) in [6, 6.07) is 14.6. The Morgan fingerprint density at radius 1 is 1.03 bits per heavy atom. The predicted molar refractivity (Wildman–Crippen MR) is 142 cm³/mol. The van der Waals surface area contributed by atoms with Gasteiger partial charge in [-0.1, -0.05) is 41.7 Å². The molecule has 5 aromatic rings. The van der Waals surface area contributed by atoms with Gasteiger partial charge in [0, 0.05) is 18.0 Å². The van der Waals surface area contributed by atoms with Gasteiger partial charge in [0.15, 0.2) is 10.9 Å². The minimum atomic E-state index is -0.806. The third-order valence-electron chi connectivity index (χ3n) is 5.74. The number of hydrogen-bond donors (Lipinski definition) is 0. The van der Waals surface area contributed by atoms with Crippen LogP contribution < -0.4 is 10.5 Å². The summed E-state index contributed by atoms with van der Waals surface area (Å²) in [5.74, 6) is -2.13. The fourth-order valence-corrected chi connectivity index (χ4v) is 5.09. The van der Waals surface area contributed by atoms with Gasteiger partial charge in [0.2, 0.25) is 0 Å². The number of thiazole rings is 1. The number of carbonyl (C=O) groups excluding carboxylic acids is 1. The number of halogens is 3. The van der Waals surface area contributed by atoms with Gasteiger partial charge in [0.1, 0.15) is 22.5 Å². The van der Waals surface area contributed by atoms with E-state index in [0.717, 1.165) is 28.2 Å². The predicted octanol–water partition coefficient (Wildman–Crippen LogP) is 5.85. The van der Waals surface area contributed by atoms with E-state index in [1.165, 1.54) is 11.0 Å². The summed E-state index contributed by atoms with van der Waals surface area (Å²) in [5.41, 5.74) is -0.561. The van der Waals surface area contributed by atoms with E-state index in [0.29, 0.717) is 23.9 Å². The Bertz CT molecular complexity index is 1650. The number of anilines is 1. The van der Waals surface area contributed by atoms with Gasteiger partial charge in [0.25, 0.3) is 5.91 Å². The average molecular weight is 530 g/mol. The van der Waals surface area contributed by atoms with Crippen LogP contribution in [0, 0.1) is 11.6 Å².